The number of aliphatic hydroxyl groups is 2. The van der Waals surface area contributed by atoms with Crippen molar-refractivity contribution in [3.63, 3.8) is 0 Å². The lowest BCUT2D eigenvalue weighted by molar-refractivity contribution is -0.128. The standard InChI is InChI=1S/C24H38NO6P/c1-25(2)24(28)14-10-5-4-9-13-20-21(23(27)17-22(20)26)18-31-32(29,30-3)16-15-19-11-7-6-8-12-19/h4,6-9,11-12,20-23,26-27H,5,10,13-18H2,1-3H3/t20?,21-,22+,23-,32?/m1/s1. The number of unbranched alkanes of at least 4 members (excludes halogenated alkanes) is 1. The monoisotopic (exact) mass is 467 g/mol. The predicted molar refractivity (Wildman–Crippen MR) is 125 cm³/mol. The van der Waals surface area contributed by atoms with Gasteiger partial charge in [0, 0.05) is 33.5 Å². The smallest absolute Gasteiger partial charge is 0.330 e. The van der Waals surface area contributed by atoms with Crippen LogP contribution in [0.1, 0.15) is 37.7 Å². The molecule has 2 unspecified atom stereocenters. The van der Waals surface area contributed by atoms with Crippen LogP contribution in [0.25, 0.3) is 0 Å². The number of carbonyl (C=O) groups excluding carboxylic acids is 1. The number of hydrogen-bond acceptors (Lipinski definition) is 6. The third kappa shape index (κ3) is 8.45. The molecule has 1 aliphatic carbocycles. The predicted octanol–water partition coefficient (Wildman–Crippen LogP) is 3.65. The largest absolute Gasteiger partial charge is 0.393 e. The van der Waals surface area contributed by atoms with Gasteiger partial charge in [0.2, 0.25) is 5.91 Å². The van der Waals surface area contributed by atoms with E-state index in [-0.39, 0.29) is 36.9 Å². The van der Waals surface area contributed by atoms with Crippen molar-refractivity contribution >= 4 is 13.5 Å². The molecule has 1 aliphatic rings. The molecule has 2 N–H and O–H groups in total. The van der Waals surface area contributed by atoms with Gasteiger partial charge in [-0.2, -0.15) is 0 Å². The average molecular weight is 468 g/mol. The van der Waals surface area contributed by atoms with E-state index in [4.69, 9.17) is 9.05 Å². The zero-order valence-electron chi connectivity index (χ0n) is 19.4. The average Bonchev–Trinajstić information content (AvgIpc) is 3.05. The van der Waals surface area contributed by atoms with Crippen LogP contribution in [-0.4, -0.2) is 67.2 Å². The van der Waals surface area contributed by atoms with E-state index in [9.17, 15) is 19.6 Å². The third-order valence-corrected chi connectivity index (χ3v) is 7.99. The first-order chi connectivity index (χ1) is 15.3. The molecule has 5 atom stereocenters. The molecule has 1 fully saturated rings. The summed E-state index contributed by atoms with van der Waals surface area (Å²) in [6.07, 6.45) is 6.43. The molecule has 1 saturated carbocycles. The highest BCUT2D eigenvalue weighted by atomic mass is 31.2. The van der Waals surface area contributed by atoms with Crippen LogP contribution in [0.4, 0.5) is 0 Å². The second kappa shape index (κ2) is 13.3. The molecule has 0 aliphatic heterocycles. The van der Waals surface area contributed by atoms with Gasteiger partial charge in [-0.25, -0.2) is 0 Å². The van der Waals surface area contributed by atoms with E-state index in [0.717, 1.165) is 18.4 Å². The molecule has 7 nitrogen and oxygen atoms in total. The summed E-state index contributed by atoms with van der Waals surface area (Å²) < 4.78 is 24.0. The second-order valence-electron chi connectivity index (χ2n) is 8.63. The Balaban J connectivity index is 1.84. The van der Waals surface area contributed by atoms with E-state index in [2.05, 4.69) is 0 Å². The summed E-state index contributed by atoms with van der Waals surface area (Å²) in [4.78, 5) is 13.2. The molecule has 0 bridgehead atoms. The van der Waals surface area contributed by atoms with Crippen molar-refractivity contribution in [2.45, 2.75) is 50.7 Å². The highest BCUT2D eigenvalue weighted by Crippen LogP contribution is 2.49. The molecule has 32 heavy (non-hydrogen) atoms. The quantitative estimate of drug-likeness (QED) is 0.261. The Kier molecular flexibility index (Phi) is 11.1. The van der Waals surface area contributed by atoms with Crippen molar-refractivity contribution in [1.82, 2.24) is 4.90 Å². The summed E-state index contributed by atoms with van der Waals surface area (Å²) in [7, 11) is 1.58. The van der Waals surface area contributed by atoms with Crippen molar-refractivity contribution < 1.29 is 28.6 Å². The van der Waals surface area contributed by atoms with Crippen LogP contribution in [0.3, 0.4) is 0 Å². The van der Waals surface area contributed by atoms with Gasteiger partial charge in [-0.3, -0.25) is 9.36 Å². The van der Waals surface area contributed by atoms with Crippen molar-refractivity contribution in [2.24, 2.45) is 11.8 Å². The zero-order valence-corrected chi connectivity index (χ0v) is 20.3. The molecular weight excluding hydrogens is 429 g/mol. The lowest BCUT2D eigenvalue weighted by Crippen LogP contribution is -2.26. The summed E-state index contributed by atoms with van der Waals surface area (Å²) in [6.45, 7) is 0.0774. The van der Waals surface area contributed by atoms with Crippen molar-refractivity contribution in [3.05, 3.63) is 48.0 Å². The van der Waals surface area contributed by atoms with Gasteiger partial charge in [-0.1, -0.05) is 42.5 Å². The van der Waals surface area contributed by atoms with E-state index in [0.29, 0.717) is 19.3 Å². The van der Waals surface area contributed by atoms with Crippen LogP contribution < -0.4 is 0 Å². The minimum atomic E-state index is -3.30. The fourth-order valence-corrected chi connectivity index (χ4v) is 5.37. The number of carbonyl (C=O) groups is 1. The normalized spacial score (nSPS) is 25.2. The number of aliphatic hydroxyl groups excluding tert-OH is 2. The van der Waals surface area contributed by atoms with Gasteiger partial charge in [0.25, 0.3) is 0 Å². The van der Waals surface area contributed by atoms with Gasteiger partial charge < -0.3 is 24.2 Å². The Morgan fingerprint density at radius 3 is 2.50 bits per heavy atom. The number of hydrogen-bond donors (Lipinski definition) is 2. The number of benzene rings is 1. The highest BCUT2D eigenvalue weighted by molar-refractivity contribution is 7.53. The molecule has 1 amide bonds. The molecule has 0 spiro atoms. The number of allylic oxidation sites excluding steroid dienone is 2. The first-order valence-corrected chi connectivity index (χ1v) is 13.0. The van der Waals surface area contributed by atoms with E-state index in [1.165, 1.54) is 7.11 Å². The van der Waals surface area contributed by atoms with Crippen LogP contribution in [0.2, 0.25) is 0 Å². The molecule has 0 aromatic heterocycles. The van der Waals surface area contributed by atoms with E-state index in [1.807, 2.05) is 42.5 Å². The van der Waals surface area contributed by atoms with Crippen molar-refractivity contribution in [2.75, 3.05) is 34.0 Å². The Bertz CT molecular complexity index is 769. The number of rotatable bonds is 13. The first kappa shape index (κ1) is 26.7. The molecule has 2 rings (SSSR count). The van der Waals surface area contributed by atoms with Crippen molar-refractivity contribution in [3.8, 4) is 0 Å². The van der Waals surface area contributed by atoms with Crippen LogP contribution in [0.15, 0.2) is 42.5 Å². The van der Waals surface area contributed by atoms with Gasteiger partial charge in [0.05, 0.1) is 25.0 Å². The molecule has 8 heteroatoms. The first-order valence-electron chi connectivity index (χ1n) is 11.3. The van der Waals surface area contributed by atoms with E-state index in [1.54, 1.807) is 19.0 Å². The Hall–Kier alpha value is -1.50. The Morgan fingerprint density at radius 1 is 1.16 bits per heavy atom. The Morgan fingerprint density at radius 2 is 1.84 bits per heavy atom. The topological polar surface area (TPSA) is 96.3 Å². The van der Waals surface area contributed by atoms with Gasteiger partial charge in [-0.05, 0) is 43.6 Å². The molecule has 180 valence electrons. The van der Waals surface area contributed by atoms with Gasteiger partial charge in [0.1, 0.15) is 0 Å². The maximum Gasteiger partial charge on any atom is 0.330 e. The van der Waals surface area contributed by atoms with Gasteiger partial charge >= 0.3 is 7.60 Å². The van der Waals surface area contributed by atoms with Crippen LogP contribution in [0, 0.1) is 11.8 Å². The number of nitrogens with zero attached hydrogens (tertiary/aromatic N) is 1. The summed E-state index contributed by atoms with van der Waals surface area (Å²) in [5.41, 5.74) is 1.06. The fourth-order valence-electron chi connectivity index (χ4n) is 4.02. The molecule has 0 heterocycles. The summed E-state index contributed by atoms with van der Waals surface area (Å²) in [5, 5.41) is 20.8. The third-order valence-electron chi connectivity index (χ3n) is 6.12. The molecular formula is C24H38NO6P. The number of amides is 1. The van der Waals surface area contributed by atoms with Crippen LogP contribution in [-0.2, 0) is 24.8 Å². The maximum absolute atomic E-state index is 13.0. The number of aryl methyl sites for hydroxylation is 1. The van der Waals surface area contributed by atoms with E-state index < -0.39 is 19.8 Å². The summed E-state index contributed by atoms with van der Waals surface area (Å²) >= 11 is 0. The minimum Gasteiger partial charge on any atom is -0.393 e. The molecule has 0 radical (unpaired) electrons. The summed E-state index contributed by atoms with van der Waals surface area (Å²) in [5.74, 6) is -0.381. The Labute approximate surface area is 192 Å². The van der Waals surface area contributed by atoms with Gasteiger partial charge in [0.15, 0.2) is 0 Å². The summed E-state index contributed by atoms with van der Waals surface area (Å²) in [6, 6.07) is 9.73. The zero-order chi connectivity index (χ0) is 23.6. The van der Waals surface area contributed by atoms with Crippen molar-refractivity contribution in [1.29, 1.82) is 0 Å². The van der Waals surface area contributed by atoms with Gasteiger partial charge in [-0.15, -0.1) is 0 Å². The molecule has 0 saturated heterocycles. The van der Waals surface area contributed by atoms with E-state index >= 15 is 0 Å². The minimum absolute atomic E-state index is 0.0774. The molecule has 1 aromatic carbocycles. The molecule has 1 aromatic rings. The highest BCUT2D eigenvalue weighted by Gasteiger charge is 2.42. The second-order valence-corrected chi connectivity index (χ2v) is 10.9. The maximum atomic E-state index is 13.0. The SMILES string of the molecule is COP(=O)(CCc1ccccc1)OC[C@@H]1C(CC=CCCCC(=O)N(C)C)[C@@H](O)C[C@H]1O. The lowest BCUT2D eigenvalue weighted by Gasteiger charge is -2.25. The van der Waals surface area contributed by atoms with Crippen LogP contribution >= 0.6 is 7.60 Å². The fraction of sp³-hybridized carbons (Fsp3) is 0.625. The lowest BCUT2D eigenvalue weighted by atomic mass is 9.91. The van der Waals surface area contributed by atoms with Crippen LogP contribution in [0.5, 0.6) is 0 Å².